The van der Waals surface area contributed by atoms with E-state index in [1.807, 2.05) is 0 Å². The largest absolute Gasteiger partial charge is 0.409 e. The lowest BCUT2D eigenvalue weighted by Gasteiger charge is -2.06. The summed E-state index contributed by atoms with van der Waals surface area (Å²) in [5, 5.41) is 24.2. The molecule has 0 aliphatic rings. The van der Waals surface area contributed by atoms with Gasteiger partial charge in [-0.3, -0.25) is 14.6 Å². The number of amides is 1. The molecule has 0 aromatic carbocycles. The molecule has 9 heteroatoms. The predicted octanol–water partition coefficient (Wildman–Crippen LogP) is -0.510. The fraction of sp³-hybridized carbons (Fsp3) is 0.111. The molecule has 0 saturated carbocycles. The maximum absolute atomic E-state index is 11.8. The lowest BCUT2D eigenvalue weighted by atomic mass is 10.3. The van der Waals surface area contributed by atoms with Crippen LogP contribution >= 0.6 is 0 Å². The standard InChI is InChI=1S/C9H11N7O2/c1-16-8(5(4-12-16)7(10)15-18)13-9(17)6-2-3-11-14-6/h2-4,18H,1H3,(H2,10,15)(H,11,14)(H,13,17). The monoisotopic (exact) mass is 249 g/mol. The van der Waals surface area contributed by atoms with E-state index in [0.717, 1.165) is 0 Å². The van der Waals surface area contributed by atoms with Gasteiger partial charge in [-0.25, -0.2) is 0 Å². The number of aromatic nitrogens is 4. The molecular weight excluding hydrogens is 238 g/mol. The Balaban J connectivity index is 2.29. The van der Waals surface area contributed by atoms with Crippen molar-refractivity contribution in [3.8, 4) is 0 Å². The molecule has 94 valence electrons. The highest BCUT2D eigenvalue weighted by atomic mass is 16.4. The molecule has 2 aromatic heterocycles. The van der Waals surface area contributed by atoms with E-state index in [1.165, 1.54) is 23.1 Å². The lowest BCUT2D eigenvalue weighted by Crippen LogP contribution is -2.20. The van der Waals surface area contributed by atoms with Gasteiger partial charge < -0.3 is 16.3 Å². The number of carbonyl (C=O) groups excluding carboxylic acids is 1. The Bertz CT molecular complexity index is 584. The summed E-state index contributed by atoms with van der Waals surface area (Å²) in [7, 11) is 1.62. The van der Waals surface area contributed by atoms with Gasteiger partial charge in [0.05, 0.1) is 11.8 Å². The topological polar surface area (TPSA) is 134 Å². The number of amidine groups is 1. The number of oxime groups is 1. The molecule has 18 heavy (non-hydrogen) atoms. The number of hydrogen-bond acceptors (Lipinski definition) is 5. The number of hydrogen-bond donors (Lipinski definition) is 4. The SMILES string of the molecule is Cn1ncc(C(N)=NO)c1NC(=O)c1ccn[nH]1. The molecule has 0 aliphatic heterocycles. The van der Waals surface area contributed by atoms with E-state index >= 15 is 0 Å². The van der Waals surface area contributed by atoms with Crippen molar-refractivity contribution in [1.29, 1.82) is 0 Å². The van der Waals surface area contributed by atoms with E-state index < -0.39 is 5.91 Å². The van der Waals surface area contributed by atoms with E-state index in [-0.39, 0.29) is 5.84 Å². The van der Waals surface area contributed by atoms with Crippen LogP contribution in [-0.4, -0.2) is 36.9 Å². The Kier molecular flexibility index (Phi) is 2.96. The minimum absolute atomic E-state index is 0.136. The number of aromatic amines is 1. The minimum atomic E-state index is -0.400. The van der Waals surface area contributed by atoms with Crippen molar-refractivity contribution < 1.29 is 10.0 Å². The van der Waals surface area contributed by atoms with Gasteiger partial charge in [0.1, 0.15) is 11.5 Å². The highest BCUT2D eigenvalue weighted by molar-refractivity contribution is 6.08. The third kappa shape index (κ3) is 2.00. The number of carbonyl (C=O) groups is 1. The van der Waals surface area contributed by atoms with Crippen LogP contribution in [0.3, 0.4) is 0 Å². The normalized spacial score (nSPS) is 11.5. The van der Waals surface area contributed by atoms with Crippen LogP contribution in [0.25, 0.3) is 0 Å². The molecule has 0 aliphatic carbocycles. The quantitative estimate of drug-likeness (QED) is 0.251. The molecule has 2 heterocycles. The van der Waals surface area contributed by atoms with Crippen LogP contribution < -0.4 is 11.1 Å². The Morgan fingerprint density at radius 3 is 3.06 bits per heavy atom. The molecule has 0 saturated heterocycles. The van der Waals surface area contributed by atoms with Crippen molar-refractivity contribution in [2.45, 2.75) is 0 Å². The number of anilines is 1. The van der Waals surface area contributed by atoms with Crippen molar-refractivity contribution in [2.24, 2.45) is 17.9 Å². The zero-order chi connectivity index (χ0) is 13.1. The molecule has 1 amide bonds. The summed E-state index contributed by atoms with van der Waals surface area (Å²) in [5.74, 6) is -0.212. The van der Waals surface area contributed by atoms with Gasteiger partial charge in [0, 0.05) is 13.2 Å². The summed E-state index contributed by atoms with van der Waals surface area (Å²) in [6.07, 6.45) is 2.85. The second-order valence-electron chi connectivity index (χ2n) is 3.44. The number of nitrogens with one attached hydrogen (secondary N) is 2. The summed E-state index contributed by atoms with van der Waals surface area (Å²) in [4.78, 5) is 11.8. The molecule has 2 aromatic rings. The molecule has 0 bridgehead atoms. The molecule has 9 nitrogen and oxygen atoms in total. The second kappa shape index (κ2) is 4.57. The Labute approximate surface area is 101 Å². The molecule has 5 N–H and O–H groups in total. The first kappa shape index (κ1) is 11.6. The van der Waals surface area contributed by atoms with Crippen molar-refractivity contribution in [3.05, 3.63) is 29.7 Å². The molecule has 2 rings (SSSR count). The second-order valence-corrected chi connectivity index (χ2v) is 3.44. The van der Waals surface area contributed by atoms with Gasteiger partial charge in [0.2, 0.25) is 0 Å². The van der Waals surface area contributed by atoms with Gasteiger partial charge in [-0.15, -0.1) is 0 Å². The van der Waals surface area contributed by atoms with E-state index in [9.17, 15) is 4.79 Å². The van der Waals surface area contributed by atoms with Crippen molar-refractivity contribution in [2.75, 3.05) is 5.32 Å². The molecule has 0 radical (unpaired) electrons. The summed E-state index contributed by atoms with van der Waals surface area (Å²) in [6, 6.07) is 1.52. The van der Waals surface area contributed by atoms with Crippen molar-refractivity contribution in [1.82, 2.24) is 20.0 Å². The van der Waals surface area contributed by atoms with Gasteiger partial charge in [0.15, 0.2) is 5.84 Å². The third-order valence-electron chi connectivity index (χ3n) is 2.30. The number of nitrogens with two attached hydrogens (primary N) is 1. The van der Waals surface area contributed by atoms with Crippen molar-refractivity contribution >= 4 is 17.6 Å². The average Bonchev–Trinajstić information content (AvgIpc) is 2.99. The number of H-pyrrole nitrogens is 1. The smallest absolute Gasteiger partial charge is 0.274 e. The first-order valence-electron chi connectivity index (χ1n) is 4.94. The number of nitrogens with zero attached hydrogens (tertiary/aromatic N) is 4. The van der Waals surface area contributed by atoms with Crippen LogP contribution in [0.1, 0.15) is 16.1 Å². The van der Waals surface area contributed by atoms with E-state index in [1.54, 1.807) is 7.05 Å². The summed E-state index contributed by atoms with van der Waals surface area (Å²) in [6.45, 7) is 0. The van der Waals surface area contributed by atoms with Crippen LogP contribution in [0.15, 0.2) is 23.6 Å². The Hall–Kier alpha value is -2.84. The molecule has 0 atom stereocenters. The van der Waals surface area contributed by atoms with Crippen LogP contribution in [-0.2, 0) is 7.05 Å². The van der Waals surface area contributed by atoms with Gasteiger partial charge in [-0.05, 0) is 6.07 Å². The number of rotatable bonds is 3. The zero-order valence-corrected chi connectivity index (χ0v) is 9.45. The highest BCUT2D eigenvalue weighted by Gasteiger charge is 2.16. The van der Waals surface area contributed by atoms with Crippen LogP contribution in [0, 0.1) is 0 Å². The predicted molar refractivity (Wildman–Crippen MR) is 62.3 cm³/mol. The van der Waals surface area contributed by atoms with Crippen molar-refractivity contribution in [3.63, 3.8) is 0 Å². The zero-order valence-electron chi connectivity index (χ0n) is 9.45. The van der Waals surface area contributed by atoms with Gasteiger partial charge in [-0.1, -0.05) is 5.16 Å². The maximum Gasteiger partial charge on any atom is 0.274 e. The van der Waals surface area contributed by atoms with Crippen LogP contribution in [0.4, 0.5) is 5.82 Å². The Morgan fingerprint density at radius 2 is 2.44 bits per heavy atom. The fourth-order valence-corrected chi connectivity index (χ4v) is 1.38. The summed E-state index contributed by atoms with van der Waals surface area (Å²) < 4.78 is 1.40. The average molecular weight is 249 g/mol. The van der Waals surface area contributed by atoms with Crippen LogP contribution in [0.5, 0.6) is 0 Å². The van der Waals surface area contributed by atoms with Gasteiger partial charge >= 0.3 is 0 Å². The molecule has 0 unspecified atom stereocenters. The highest BCUT2D eigenvalue weighted by Crippen LogP contribution is 2.14. The first-order chi connectivity index (χ1) is 8.63. The number of aryl methyl sites for hydroxylation is 1. The van der Waals surface area contributed by atoms with Gasteiger partial charge in [-0.2, -0.15) is 10.2 Å². The summed E-state index contributed by atoms with van der Waals surface area (Å²) >= 11 is 0. The Morgan fingerprint density at radius 1 is 1.67 bits per heavy atom. The van der Waals surface area contributed by atoms with E-state index in [2.05, 4.69) is 25.8 Å². The third-order valence-corrected chi connectivity index (χ3v) is 2.30. The van der Waals surface area contributed by atoms with E-state index in [4.69, 9.17) is 10.9 Å². The first-order valence-corrected chi connectivity index (χ1v) is 4.94. The molecular formula is C9H11N7O2. The maximum atomic E-state index is 11.8. The van der Waals surface area contributed by atoms with Crippen LogP contribution in [0.2, 0.25) is 0 Å². The summed E-state index contributed by atoms with van der Waals surface area (Å²) in [5.41, 5.74) is 6.10. The molecule has 0 spiro atoms. The fourth-order valence-electron chi connectivity index (χ4n) is 1.38. The molecule has 0 fully saturated rings. The lowest BCUT2D eigenvalue weighted by molar-refractivity contribution is 0.102. The van der Waals surface area contributed by atoms with Gasteiger partial charge in [0.25, 0.3) is 5.91 Å². The minimum Gasteiger partial charge on any atom is -0.409 e. The van der Waals surface area contributed by atoms with E-state index in [0.29, 0.717) is 17.1 Å².